The van der Waals surface area contributed by atoms with E-state index >= 15 is 0 Å². The summed E-state index contributed by atoms with van der Waals surface area (Å²) in [6.07, 6.45) is 2.85. The Morgan fingerprint density at radius 2 is 2.05 bits per heavy atom. The highest BCUT2D eigenvalue weighted by atomic mass is 19.1. The number of pyridine rings is 1. The number of aliphatic carboxylic acids is 1. The first-order valence-corrected chi connectivity index (χ1v) is 6.97. The maximum absolute atomic E-state index is 13.6. The van der Waals surface area contributed by atoms with Crippen LogP contribution < -0.4 is 5.32 Å². The number of amides is 2. The van der Waals surface area contributed by atoms with Gasteiger partial charge >= 0.3 is 12.0 Å². The van der Waals surface area contributed by atoms with Crippen molar-refractivity contribution in [2.45, 2.75) is 25.8 Å². The number of carboxylic acids is 1. The Hall–Kier alpha value is -2.25. The molecule has 6 nitrogen and oxygen atoms in total. The highest BCUT2D eigenvalue weighted by Crippen LogP contribution is 2.21. The Kier molecular flexibility index (Phi) is 4.89. The van der Waals surface area contributed by atoms with E-state index in [1.807, 2.05) is 0 Å². The first kappa shape index (κ1) is 16.1. The lowest BCUT2D eigenvalue weighted by Crippen LogP contribution is -2.47. The first-order valence-electron chi connectivity index (χ1n) is 6.97. The zero-order chi connectivity index (χ0) is 16.3. The number of halogens is 2. The lowest BCUT2D eigenvalue weighted by atomic mass is 9.98. The molecule has 1 aromatic heterocycles. The van der Waals surface area contributed by atoms with E-state index in [0.29, 0.717) is 19.4 Å². The quantitative estimate of drug-likeness (QED) is 0.893. The predicted molar refractivity (Wildman–Crippen MR) is 73.0 cm³/mol. The van der Waals surface area contributed by atoms with Crippen LogP contribution >= 0.6 is 0 Å². The summed E-state index contributed by atoms with van der Waals surface area (Å²) in [7, 11) is 0. The molecule has 120 valence electrons. The minimum Gasteiger partial charge on any atom is -0.481 e. The van der Waals surface area contributed by atoms with Gasteiger partial charge in [0.25, 0.3) is 0 Å². The van der Waals surface area contributed by atoms with Gasteiger partial charge in [0.05, 0.1) is 24.4 Å². The summed E-state index contributed by atoms with van der Waals surface area (Å²) in [6.45, 7) is 1.97. The predicted octanol–water partition coefficient (Wildman–Crippen LogP) is 1.93. The summed E-state index contributed by atoms with van der Waals surface area (Å²) < 4.78 is 27.2. The monoisotopic (exact) mass is 313 g/mol. The SMILES string of the molecule is CC(NC(=O)N1CCCC(C(=O)O)C1)c1c(F)cncc1F. The van der Waals surface area contributed by atoms with Gasteiger partial charge in [-0.2, -0.15) is 0 Å². The number of rotatable bonds is 3. The normalized spacial score (nSPS) is 19.6. The fourth-order valence-corrected chi connectivity index (χ4v) is 2.55. The van der Waals surface area contributed by atoms with Crippen LogP contribution in [0.5, 0.6) is 0 Å². The van der Waals surface area contributed by atoms with Crippen molar-refractivity contribution in [3.8, 4) is 0 Å². The van der Waals surface area contributed by atoms with Crippen molar-refractivity contribution in [1.82, 2.24) is 15.2 Å². The fraction of sp³-hybridized carbons (Fsp3) is 0.500. The number of nitrogens with zero attached hydrogens (tertiary/aromatic N) is 2. The number of aromatic nitrogens is 1. The number of carboxylic acid groups (broad SMARTS) is 1. The molecule has 2 amide bonds. The molecule has 1 saturated heterocycles. The minimum absolute atomic E-state index is 0.0925. The van der Waals surface area contributed by atoms with Gasteiger partial charge in [0.1, 0.15) is 11.6 Å². The molecule has 2 rings (SSSR count). The molecule has 8 heteroatoms. The van der Waals surface area contributed by atoms with Crippen LogP contribution in [0.1, 0.15) is 31.4 Å². The van der Waals surface area contributed by atoms with Crippen LogP contribution in [0.2, 0.25) is 0 Å². The van der Waals surface area contributed by atoms with E-state index in [1.165, 1.54) is 11.8 Å². The molecule has 22 heavy (non-hydrogen) atoms. The maximum Gasteiger partial charge on any atom is 0.317 e. The largest absolute Gasteiger partial charge is 0.481 e. The number of carbonyl (C=O) groups excluding carboxylic acids is 1. The number of hydrogen-bond donors (Lipinski definition) is 2. The Morgan fingerprint density at radius 1 is 1.41 bits per heavy atom. The summed E-state index contributed by atoms with van der Waals surface area (Å²) in [5.74, 6) is -3.23. The van der Waals surface area contributed by atoms with E-state index in [2.05, 4.69) is 10.3 Å². The molecule has 0 bridgehead atoms. The highest BCUT2D eigenvalue weighted by Gasteiger charge is 2.29. The van der Waals surface area contributed by atoms with Gasteiger partial charge in [-0.1, -0.05) is 0 Å². The van der Waals surface area contributed by atoms with E-state index in [0.717, 1.165) is 12.4 Å². The molecule has 1 fully saturated rings. The molecule has 2 N–H and O–H groups in total. The molecule has 0 saturated carbocycles. The van der Waals surface area contributed by atoms with Crippen molar-refractivity contribution < 1.29 is 23.5 Å². The molecule has 1 aromatic rings. The number of piperidine rings is 1. The van der Waals surface area contributed by atoms with Crippen LogP contribution in [0.25, 0.3) is 0 Å². The van der Waals surface area contributed by atoms with Crippen LogP contribution in [-0.2, 0) is 4.79 Å². The number of nitrogens with one attached hydrogen (secondary N) is 1. The molecule has 0 radical (unpaired) electrons. The second kappa shape index (κ2) is 6.67. The van der Waals surface area contributed by atoms with Gasteiger partial charge in [-0.15, -0.1) is 0 Å². The van der Waals surface area contributed by atoms with Gasteiger partial charge in [-0.05, 0) is 19.8 Å². The smallest absolute Gasteiger partial charge is 0.317 e. The van der Waals surface area contributed by atoms with E-state index < -0.39 is 35.6 Å². The molecule has 0 aromatic carbocycles. The highest BCUT2D eigenvalue weighted by molar-refractivity contribution is 5.77. The number of carbonyl (C=O) groups is 2. The Labute approximate surface area is 126 Å². The maximum atomic E-state index is 13.6. The lowest BCUT2D eigenvalue weighted by molar-refractivity contribution is -0.143. The van der Waals surface area contributed by atoms with Gasteiger partial charge in [-0.25, -0.2) is 13.6 Å². The van der Waals surface area contributed by atoms with Crippen LogP contribution in [0.4, 0.5) is 13.6 Å². The molecule has 0 spiro atoms. The second-order valence-electron chi connectivity index (χ2n) is 5.31. The zero-order valence-electron chi connectivity index (χ0n) is 12.1. The van der Waals surface area contributed by atoms with Gasteiger partial charge < -0.3 is 15.3 Å². The molecule has 2 atom stereocenters. The van der Waals surface area contributed by atoms with E-state index in [1.54, 1.807) is 0 Å². The number of hydrogen-bond acceptors (Lipinski definition) is 3. The van der Waals surface area contributed by atoms with Gasteiger partial charge in [0.15, 0.2) is 0 Å². The summed E-state index contributed by atoms with van der Waals surface area (Å²) >= 11 is 0. The third-order valence-electron chi connectivity index (χ3n) is 3.72. The fourth-order valence-electron chi connectivity index (χ4n) is 2.55. The Bertz CT molecular complexity index is 562. The van der Waals surface area contributed by atoms with E-state index in [-0.39, 0.29) is 12.1 Å². The van der Waals surface area contributed by atoms with E-state index in [9.17, 15) is 18.4 Å². The number of likely N-dealkylation sites (tertiary alicyclic amines) is 1. The standard InChI is InChI=1S/C14H17F2N3O3/c1-8(12-10(15)5-17-6-11(12)16)18-14(22)19-4-2-3-9(7-19)13(20)21/h5-6,8-9H,2-4,7H2,1H3,(H,18,22)(H,20,21). The second-order valence-corrected chi connectivity index (χ2v) is 5.31. The first-order chi connectivity index (χ1) is 10.4. The average molecular weight is 313 g/mol. The molecule has 0 aliphatic carbocycles. The molecule has 1 aliphatic heterocycles. The van der Waals surface area contributed by atoms with Crippen LogP contribution in [0.15, 0.2) is 12.4 Å². The van der Waals surface area contributed by atoms with Crippen molar-refractivity contribution >= 4 is 12.0 Å². The van der Waals surface area contributed by atoms with E-state index in [4.69, 9.17) is 5.11 Å². The lowest BCUT2D eigenvalue weighted by Gasteiger charge is -2.31. The summed E-state index contributed by atoms with van der Waals surface area (Å²) in [5.41, 5.74) is -0.268. The minimum atomic E-state index is -0.947. The van der Waals surface area contributed by atoms with Crippen molar-refractivity contribution in [2.24, 2.45) is 5.92 Å². The zero-order valence-corrected chi connectivity index (χ0v) is 12.1. The summed E-state index contributed by atoms with van der Waals surface area (Å²) in [5, 5.41) is 11.5. The Balaban J connectivity index is 2.03. The Morgan fingerprint density at radius 3 is 2.64 bits per heavy atom. The summed E-state index contributed by atoms with van der Waals surface area (Å²) in [6, 6.07) is -1.42. The molecule has 2 heterocycles. The topological polar surface area (TPSA) is 82.5 Å². The molecular formula is C14H17F2N3O3. The van der Waals surface area contributed by atoms with Crippen molar-refractivity contribution in [1.29, 1.82) is 0 Å². The van der Waals surface area contributed by atoms with Gasteiger partial charge in [-0.3, -0.25) is 9.78 Å². The van der Waals surface area contributed by atoms with Crippen LogP contribution in [0, 0.1) is 17.6 Å². The van der Waals surface area contributed by atoms with Crippen molar-refractivity contribution in [2.75, 3.05) is 13.1 Å². The average Bonchev–Trinajstić information content (AvgIpc) is 2.47. The third kappa shape index (κ3) is 3.49. The van der Waals surface area contributed by atoms with Crippen LogP contribution in [0.3, 0.4) is 0 Å². The van der Waals surface area contributed by atoms with Crippen molar-refractivity contribution in [3.63, 3.8) is 0 Å². The molecular weight excluding hydrogens is 296 g/mol. The van der Waals surface area contributed by atoms with Gasteiger partial charge in [0.2, 0.25) is 0 Å². The number of urea groups is 1. The molecule has 2 unspecified atom stereocenters. The van der Waals surface area contributed by atoms with Crippen molar-refractivity contribution in [3.05, 3.63) is 29.6 Å². The summed E-state index contributed by atoms with van der Waals surface area (Å²) in [4.78, 5) is 27.9. The van der Waals surface area contributed by atoms with Gasteiger partial charge in [0, 0.05) is 18.7 Å². The molecule has 1 aliphatic rings. The third-order valence-corrected chi connectivity index (χ3v) is 3.72. The van der Waals surface area contributed by atoms with Crippen LogP contribution in [-0.4, -0.2) is 40.1 Å².